The number of pyridine rings is 1. The zero-order chi connectivity index (χ0) is 20.8. The number of nitrogens with one attached hydrogen (secondary N) is 1. The highest BCUT2D eigenvalue weighted by Crippen LogP contribution is 2.38. The van der Waals surface area contributed by atoms with Crippen LogP contribution in [0.4, 0.5) is 5.00 Å². The number of esters is 2. The lowest BCUT2D eigenvalue weighted by Gasteiger charge is -2.16. The molecule has 1 amide bonds. The third-order valence-corrected chi connectivity index (χ3v) is 5.92. The molecule has 2 aromatic rings. The van der Waals surface area contributed by atoms with Gasteiger partial charge in [-0.05, 0) is 56.7 Å². The molecule has 1 N–H and O–H groups in total. The average molecular weight is 416 g/mol. The Bertz CT molecular complexity index is 894. The smallest absolute Gasteiger partial charge is 0.341 e. The van der Waals surface area contributed by atoms with E-state index in [0.29, 0.717) is 22.5 Å². The van der Waals surface area contributed by atoms with Crippen LogP contribution in [0.25, 0.3) is 0 Å². The number of fused-ring (bicyclic) bond motifs is 1. The fraction of sp³-hybridized carbons (Fsp3) is 0.429. The summed E-state index contributed by atoms with van der Waals surface area (Å²) in [4.78, 5) is 42.6. The molecular weight excluding hydrogens is 392 g/mol. The van der Waals surface area contributed by atoms with Crippen LogP contribution in [-0.4, -0.2) is 35.5 Å². The monoisotopic (exact) mass is 416 g/mol. The second kappa shape index (κ2) is 9.65. The van der Waals surface area contributed by atoms with Gasteiger partial charge in [0, 0.05) is 17.3 Å². The van der Waals surface area contributed by atoms with E-state index >= 15 is 0 Å². The number of hydrogen-bond acceptors (Lipinski definition) is 7. The molecule has 1 atom stereocenters. The molecule has 0 saturated heterocycles. The van der Waals surface area contributed by atoms with E-state index in [-0.39, 0.29) is 6.61 Å². The van der Waals surface area contributed by atoms with Gasteiger partial charge in [0.15, 0.2) is 6.10 Å². The van der Waals surface area contributed by atoms with Crippen molar-refractivity contribution in [2.45, 2.75) is 52.1 Å². The first-order valence-electron chi connectivity index (χ1n) is 9.78. The molecule has 8 heteroatoms. The van der Waals surface area contributed by atoms with E-state index in [1.54, 1.807) is 13.8 Å². The SMILES string of the molecule is CCOC(=O)c1c(NC(=O)C(CC)OC(=O)c2ccncc2)sc2c1CCCC2. The molecule has 1 aliphatic rings. The number of anilines is 1. The highest BCUT2D eigenvalue weighted by molar-refractivity contribution is 7.17. The van der Waals surface area contributed by atoms with Gasteiger partial charge in [-0.1, -0.05) is 6.92 Å². The molecule has 3 rings (SSSR count). The van der Waals surface area contributed by atoms with Crippen LogP contribution in [0.3, 0.4) is 0 Å². The minimum atomic E-state index is -0.968. The number of rotatable bonds is 7. The summed E-state index contributed by atoms with van der Waals surface area (Å²) in [6.07, 6.45) is 6.06. The number of nitrogens with zero attached hydrogens (tertiary/aromatic N) is 1. The Labute approximate surface area is 173 Å². The Kier molecular flexibility index (Phi) is 6.98. The van der Waals surface area contributed by atoms with Crippen LogP contribution < -0.4 is 5.32 Å². The van der Waals surface area contributed by atoms with Crippen molar-refractivity contribution in [1.82, 2.24) is 4.98 Å². The van der Waals surface area contributed by atoms with Crippen molar-refractivity contribution in [3.8, 4) is 0 Å². The molecule has 0 bridgehead atoms. The molecule has 0 spiro atoms. The number of hydrogen-bond donors (Lipinski definition) is 1. The summed E-state index contributed by atoms with van der Waals surface area (Å²) in [5.41, 5.74) is 1.73. The molecule has 0 aliphatic heterocycles. The maximum atomic E-state index is 12.8. The van der Waals surface area contributed by atoms with E-state index in [9.17, 15) is 14.4 Å². The molecule has 154 valence electrons. The van der Waals surface area contributed by atoms with E-state index in [0.717, 1.165) is 36.1 Å². The second-order valence-corrected chi connectivity index (χ2v) is 7.77. The molecule has 1 aliphatic carbocycles. The maximum absolute atomic E-state index is 12.8. The van der Waals surface area contributed by atoms with Gasteiger partial charge in [0.25, 0.3) is 5.91 Å². The minimum absolute atomic E-state index is 0.262. The van der Waals surface area contributed by atoms with Crippen molar-refractivity contribution < 1.29 is 23.9 Å². The molecule has 0 saturated carbocycles. The Balaban J connectivity index is 1.79. The van der Waals surface area contributed by atoms with Gasteiger partial charge >= 0.3 is 11.9 Å². The van der Waals surface area contributed by atoms with Crippen LogP contribution in [0.15, 0.2) is 24.5 Å². The van der Waals surface area contributed by atoms with Gasteiger partial charge in [-0.15, -0.1) is 11.3 Å². The molecule has 29 heavy (non-hydrogen) atoms. The van der Waals surface area contributed by atoms with E-state index in [2.05, 4.69) is 10.3 Å². The third-order valence-electron chi connectivity index (χ3n) is 4.72. The van der Waals surface area contributed by atoms with Crippen molar-refractivity contribution in [3.05, 3.63) is 46.1 Å². The van der Waals surface area contributed by atoms with Crippen molar-refractivity contribution in [1.29, 1.82) is 0 Å². The first-order valence-corrected chi connectivity index (χ1v) is 10.6. The van der Waals surface area contributed by atoms with E-state index in [4.69, 9.17) is 9.47 Å². The molecule has 0 fully saturated rings. The Morgan fingerprint density at radius 1 is 1.14 bits per heavy atom. The number of aryl methyl sites for hydroxylation is 1. The quantitative estimate of drug-likeness (QED) is 0.691. The van der Waals surface area contributed by atoms with Crippen LogP contribution in [0, 0.1) is 0 Å². The number of carbonyl (C=O) groups excluding carboxylic acids is 3. The zero-order valence-corrected chi connectivity index (χ0v) is 17.3. The summed E-state index contributed by atoms with van der Waals surface area (Å²) >= 11 is 1.41. The Morgan fingerprint density at radius 2 is 1.86 bits per heavy atom. The Morgan fingerprint density at radius 3 is 2.55 bits per heavy atom. The lowest BCUT2D eigenvalue weighted by Crippen LogP contribution is -2.32. The number of thiophene rings is 1. The molecule has 0 radical (unpaired) electrons. The predicted molar refractivity (Wildman–Crippen MR) is 109 cm³/mol. The normalized spacial score (nSPS) is 13.9. The molecule has 1 unspecified atom stereocenters. The van der Waals surface area contributed by atoms with E-state index in [1.807, 2.05) is 0 Å². The van der Waals surface area contributed by atoms with Gasteiger partial charge in [0.1, 0.15) is 5.00 Å². The van der Waals surface area contributed by atoms with Crippen molar-refractivity contribution in [2.75, 3.05) is 11.9 Å². The predicted octanol–water partition coefficient (Wildman–Crippen LogP) is 3.77. The zero-order valence-electron chi connectivity index (χ0n) is 16.5. The van der Waals surface area contributed by atoms with Crippen molar-refractivity contribution >= 4 is 34.2 Å². The highest BCUT2D eigenvalue weighted by Gasteiger charge is 2.29. The standard InChI is InChI=1S/C21H24N2O5S/c1-3-15(28-20(25)13-9-11-22-12-10-13)18(24)23-19-17(21(26)27-4-2)14-7-5-6-8-16(14)29-19/h9-12,15H,3-8H2,1-2H3,(H,23,24). The second-order valence-electron chi connectivity index (χ2n) is 6.66. The Hall–Kier alpha value is -2.74. The van der Waals surface area contributed by atoms with Crippen LogP contribution >= 0.6 is 11.3 Å². The van der Waals surface area contributed by atoms with E-state index in [1.165, 1.54) is 35.9 Å². The summed E-state index contributed by atoms with van der Waals surface area (Å²) in [7, 11) is 0. The number of amides is 1. The first kappa shape index (κ1) is 21.0. The van der Waals surface area contributed by atoms with Gasteiger partial charge in [0.2, 0.25) is 0 Å². The lowest BCUT2D eigenvalue weighted by molar-refractivity contribution is -0.124. The topological polar surface area (TPSA) is 94.6 Å². The average Bonchev–Trinajstić information content (AvgIpc) is 3.10. The van der Waals surface area contributed by atoms with Gasteiger partial charge < -0.3 is 14.8 Å². The third kappa shape index (κ3) is 4.82. The van der Waals surface area contributed by atoms with Gasteiger partial charge in [0.05, 0.1) is 17.7 Å². The maximum Gasteiger partial charge on any atom is 0.341 e. The molecule has 2 aromatic heterocycles. The summed E-state index contributed by atoms with van der Waals surface area (Å²) < 4.78 is 10.6. The molecule has 7 nitrogen and oxygen atoms in total. The van der Waals surface area contributed by atoms with Crippen LogP contribution in [0.2, 0.25) is 0 Å². The van der Waals surface area contributed by atoms with Gasteiger partial charge in [-0.25, -0.2) is 9.59 Å². The largest absolute Gasteiger partial charge is 0.462 e. The fourth-order valence-electron chi connectivity index (χ4n) is 3.27. The summed E-state index contributed by atoms with van der Waals surface area (Å²) in [5.74, 6) is -1.48. The minimum Gasteiger partial charge on any atom is -0.462 e. The summed E-state index contributed by atoms with van der Waals surface area (Å²) in [6.45, 7) is 3.77. The van der Waals surface area contributed by atoms with Crippen molar-refractivity contribution in [2.24, 2.45) is 0 Å². The first-order chi connectivity index (χ1) is 14.0. The lowest BCUT2D eigenvalue weighted by atomic mass is 9.95. The van der Waals surface area contributed by atoms with Crippen LogP contribution in [0.1, 0.15) is 64.3 Å². The van der Waals surface area contributed by atoms with Crippen LogP contribution in [-0.2, 0) is 27.1 Å². The molecule has 0 aromatic carbocycles. The molecule has 2 heterocycles. The fourth-order valence-corrected chi connectivity index (χ4v) is 4.55. The number of ether oxygens (including phenoxy) is 2. The number of carbonyl (C=O) groups is 3. The summed E-state index contributed by atoms with van der Waals surface area (Å²) in [6, 6.07) is 3.05. The molecular formula is C21H24N2O5S. The highest BCUT2D eigenvalue weighted by atomic mass is 32.1. The summed E-state index contributed by atoms with van der Waals surface area (Å²) in [5, 5.41) is 3.28. The van der Waals surface area contributed by atoms with Gasteiger partial charge in [-0.3, -0.25) is 9.78 Å². The number of aromatic nitrogens is 1. The van der Waals surface area contributed by atoms with Crippen LogP contribution in [0.5, 0.6) is 0 Å². The van der Waals surface area contributed by atoms with E-state index < -0.39 is 23.9 Å². The van der Waals surface area contributed by atoms with Gasteiger partial charge in [-0.2, -0.15) is 0 Å². The van der Waals surface area contributed by atoms with Crippen molar-refractivity contribution in [3.63, 3.8) is 0 Å².